The molecule has 1 aliphatic rings. The van der Waals surface area contributed by atoms with Gasteiger partial charge >= 0.3 is 0 Å². The van der Waals surface area contributed by atoms with Gasteiger partial charge < -0.3 is 9.47 Å². The van der Waals surface area contributed by atoms with Gasteiger partial charge in [-0.1, -0.05) is 25.1 Å². The van der Waals surface area contributed by atoms with Gasteiger partial charge in [0.2, 0.25) is 5.82 Å². The number of aryl methyl sites for hydroxylation is 2. The van der Waals surface area contributed by atoms with Crippen LogP contribution in [0.1, 0.15) is 55.7 Å². The van der Waals surface area contributed by atoms with Gasteiger partial charge in [-0.3, -0.25) is 0 Å². The maximum absolute atomic E-state index is 14.7. The molecule has 0 spiro atoms. The molecule has 0 bridgehead atoms. The van der Waals surface area contributed by atoms with E-state index in [9.17, 15) is 17.6 Å². The number of rotatable bonds is 8. The number of halogens is 4. The smallest absolute Gasteiger partial charge is 0.200 e. The van der Waals surface area contributed by atoms with Crippen LogP contribution in [0, 0.1) is 23.3 Å². The minimum Gasteiger partial charge on any atom is -0.498 e. The average Bonchev–Trinajstić information content (AvgIpc) is 2.75. The summed E-state index contributed by atoms with van der Waals surface area (Å²) in [7, 11) is 0. The topological polar surface area (TPSA) is 18.5 Å². The lowest BCUT2D eigenvalue weighted by Crippen LogP contribution is -2.15. The maximum atomic E-state index is 14.7. The monoisotopic (exact) mass is 422 g/mol. The van der Waals surface area contributed by atoms with Crippen molar-refractivity contribution in [3.05, 3.63) is 76.1 Å². The quantitative estimate of drug-likeness (QED) is 0.446. The second-order valence-electron chi connectivity index (χ2n) is 7.39. The Morgan fingerprint density at radius 3 is 2.13 bits per heavy atom. The van der Waals surface area contributed by atoms with E-state index < -0.39 is 23.3 Å². The number of hydrogen-bond donors (Lipinski definition) is 0. The summed E-state index contributed by atoms with van der Waals surface area (Å²) in [5.41, 5.74) is 0.499. The Balaban J connectivity index is 1.72. The molecule has 0 saturated heterocycles. The third-order valence-electron chi connectivity index (χ3n) is 5.32. The van der Waals surface area contributed by atoms with Crippen LogP contribution in [0.5, 0.6) is 5.75 Å². The normalized spacial score (nSPS) is 16.2. The molecule has 30 heavy (non-hydrogen) atoms. The summed E-state index contributed by atoms with van der Waals surface area (Å²) >= 11 is 0. The van der Waals surface area contributed by atoms with Gasteiger partial charge in [-0.2, -0.15) is 4.39 Å². The number of benzene rings is 2. The molecule has 1 atom stereocenters. The van der Waals surface area contributed by atoms with E-state index in [1.807, 2.05) is 6.08 Å². The average molecular weight is 422 g/mol. The van der Waals surface area contributed by atoms with Gasteiger partial charge in [0.25, 0.3) is 0 Å². The van der Waals surface area contributed by atoms with Crippen LogP contribution in [0.3, 0.4) is 0 Å². The van der Waals surface area contributed by atoms with Crippen LogP contribution in [0.25, 0.3) is 0 Å². The first-order chi connectivity index (χ1) is 14.5. The Bertz CT molecular complexity index is 924. The summed E-state index contributed by atoms with van der Waals surface area (Å²) in [5.74, 6) is -3.43. The highest BCUT2D eigenvalue weighted by molar-refractivity contribution is 5.34. The van der Waals surface area contributed by atoms with Crippen LogP contribution in [-0.4, -0.2) is 13.2 Å². The molecule has 1 unspecified atom stereocenters. The van der Waals surface area contributed by atoms with E-state index >= 15 is 0 Å². The summed E-state index contributed by atoms with van der Waals surface area (Å²) in [6, 6.07) is 5.84. The van der Waals surface area contributed by atoms with Crippen molar-refractivity contribution < 1.29 is 27.0 Å². The van der Waals surface area contributed by atoms with Crippen molar-refractivity contribution in [2.24, 2.45) is 0 Å². The second-order valence-corrected chi connectivity index (χ2v) is 7.39. The standard InChI is InChI=1S/C24H26F4O2/c1-3-5-18-11-8-17(14-30-18)19-12-9-15(21(25)23(19)27)6-7-16-10-13-20(29-4-2)24(28)22(16)26/h9-13,17H,3-8,14H2,1-2H3. The van der Waals surface area contributed by atoms with E-state index in [1.54, 1.807) is 13.0 Å². The third kappa shape index (κ3) is 4.79. The predicted octanol–water partition coefficient (Wildman–Crippen LogP) is 6.61. The molecule has 0 aromatic heterocycles. The molecule has 0 saturated carbocycles. The van der Waals surface area contributed by atoms with Crippen LogP contribution < -0.4 is 4.74 Å². The second kappa shape index (κ2) is 10.0. The molecule has 162 valence electrons. The van der Waals surface area contributed by atoms with Crippen molar-refractivity contribution in [2.45, 2.75) is 51.9 Å². The maximum Gasteiger partial charge on any atom is 0.200 e. The Kier molecular flexibility index (Phi) is 7.40. The van der Waals surface area contributed by atoms with Gasteiger partial charge in [-0.15, -0.1) is 0 Å². The fourth-order valence-electron chi connectivity index (χ4n) is 3.66. The fourth-order valence-corrected chi connectivity index (χ4v) is 3.66. The molecule has 2 aromatic carbocycles. The summed E-state index contributed by atoms with van der Waals surface area (Å²) in [6.45, 7) is 4.26. The molecule has 2 nitrogen and oxygen atoms in total. The van der Waals surface area contributed by atoms with Crippen molar-refractivity contribution in [1.82, 2.24) is 0 Å². The molecule has 1 heterocycles. The van der Waals surface area contributed by atoms with Gasteiger partial charge in [-0.05, 0) is 61.4 Å². The van der Waals surface area contributed by atoms with Gasteiger partial charge in [-0.25, -0.2) is 13.2 Å². The predicted molar refractivity (Wildman–Crippen MR) is 108 cm³/mol. The zero-order valence-electron chi connectivity index (χ0n) is 17.2. The molecular weight excluding hydrogens is 396 g/mol. The van der Waals surface area contributed by atoms with E-state index in [-0.39, 0.29) is 47.8 Å². The van der Waals surface area contributed by atoms with Crippen molar-refractivity contribution in [3.8, 4) is 5.75 Å². The number of allylic oxidation sites excluding steroid dienone is 2. The molecule has 0 amide bonds. The van der Waals surface area contributed by atoms with Crippen molar-refractivity contribution in [2.75, 3.05) is 13.2 Å². The lowest BCUT2D eigenvalue weighted by molar-refractivity contribution is 0.164. The van der Waals surface area contributed by atoms with Gasteiger partial charge in [0.05, 0.1) is 19.0 Å². The van der Waals surface area contributed by atoms with E-state index in [0.29, 0.717) is 13.0 Å². The van der Waals surface area contributed by atoms with Gasteiger partial charge in [0.1, 0.15) is 0 Å². The number of hydrogen-bond acceptors (Lipinski definition) is 2. The minimum absolute atomic E-state index is 0.0422. The summed E-state index contributed by atoms with van der Waals surface area (Å²) in [4.78, 5) is 0. The first kappa shape index (κ1) is 22.2. The Hall–Kier alpha value is -2.50. The minimum atomic E-state index is -1.07. The first-order valence-corrected chi connectivity index (χ1v) is 10.3. The van der Waals surface area contributed by atoms with Crippen LogP contribution in [-0.2, 0) is 17.6 Å². The van der Waals surface area contributed by atoms with Gasteiger partial charge in [0, 0.05) is 12.3 Å². The summed E-state index contributed by atoms with van der Waals surface area (Å²) in [5, 5.41) is 0. The highest BCUT2D eigenvalue weighted by atomic mass is 19.2. The zero-order valence-corrected chi connectivity index (χ0v) is 17.2. The fraction of sp³-hybridized carbons (Fsp3) is 0.417. The third-order valence-corrected chi connectivity index (χ3v) is 5.32. The van der Waals surface area contributed by atoms with Crippen molar-refractivity contribution in [3.63, 3.8) is 0 Å². The SMILES string of the molecule is CCCC1=CCC(c2ccc(CCc3ccc(OCC)c(F)c3F)c(F)c2F)CO1. The highest BCUT2D eigenvalue weighted by Gasteiger charge is 2.24. The molecule has 0 radical (unpaired) electrons. The molecule has 3 rings (SSSR count). The summed E-state index contributed by atoms with van der Waals surface area (Å²) < 4.78 is 68.2. The van der Waals surface area contributed by atoms with E-state index in [1.165, 1.54) is 18.2 Å². The van der Waals surface area contributed by atoms with E-state index in [4.69, 9.17) is 9.47 Å². The molecule has 0 N–H and O–H groups in total. The first-order valence-electron chi connectivity index (χ1n) is 10.3. The molecule has 0 fully saturated rings. The largest absolute Gasteiger partial charge is 0.498 e. The van der Waals surface area contributed by atoms with E-state index in [0.717, 1.165) is 18.6 Å². The lowest BCUT2D eigenvalue weighted by atomic mass is 9.91. The zero-order chi connectivity index (χ0) is 21.7. The van der Waals surface area contributed by atoms with Crippen molar-refractivity contribution >= 4 is 0 Å². The molecule has 1 aliphatic heterocycles. The van der Waals surface area contributed by atoms with E-state index in [2.05, 4.69) is 6.92 Å². The summed E-state index contributed by atoms with van der Waals surface area (Å²) in [6.07, 6.45) is 4.43. The Morgan fingerprint density at radius 2 is 1.53 bits per heavy atom. The number of ether oxygens (including phenoxy) is 2. The molecule has 2 aromatic rings. The van der Waals surface area contributed by atoms with Crippen LogP contribution in [0.15, 0.2) is 36.1 Å². The lowest BCUT2D eigenvalue weighted by Gasteiger charge is -2.24. The van der Waals surface area contributed by atoms with Crippen molar-refractivity contribution in [1.29, 1.82) is 0 Å². The van der Waals surface area contributed by atoms with Gasteiger partial charge in [0.15, 0.2) is 23.2 Å². The molecule has 6 heteroatoms. The Labute approximate surface area is 174 Å². The van der Waals surface area contributed by atoms with Crippen LogP contribution in [0.4, 0.5) is 17.6 Å². The molecule has 0 aliphatic carbocycles. The van der Waals surface area contributed by atoms with Crippen LogP contribution >= 0.6 is 0 Å². The Morgan fingerprint density at radius 1 is 0.867 bits per heavy atom. The molecular formula is C24H26F4O2. The highest BCUT2D eigenvalue weighted by Crippen LogP contribution is 2.32. The van der Waals surface area contributed by atoms with Crippen LogP contribution in [0.2, 0.25) is 0 Å².